The first-order valence-corrected chi connectivity index (χ1v) is 16.2. The molecule has 0 spiro atoms. The van der Waals surface area contributed by atoms with Gasteiger partial charge in [0.05, 0.1) is 23.8 Å². The van der Waals surface area contributed by atoms with Crippen LogP contribution in [0.1, 0.15) is 73.4 Å². The zero-order valence-electron chi connectivity index (χ0n) is 26.2. The maximum atomic E-state index is 14.6. The van der Waals surface area contributed by atoms with Crippen molar-refractivity contribution in [2.45, 2.75) is 77.5 Å². The molecule has 2 aromatic heterocycles. The SMILES string of the molecule is Cc1[nH]cnc1CCN(CC1CC1)C(=O)[C@H]1CN([C@H]2c3ccc(Cl)cc3CCc3cccnc32)CCN1C(=O)OC(C)(C)C. The van der Waals surface area contributed by atoms with Gasteiger partial charge in [0.2, 0.25) is 5.91 Å². The van der Waals surface area contributed by atoms with Gasteiger partial charge in [-0.1, -0.05) is 23.7 Å². The molecule has 234 valence electrons. The molecule has 2 aliphatic carbocycles. The third kappa shape index (κ3) is 6.79. The second-order valence-electron chi connectivity index (χ2n) is 13.4. The molecule has 9 nitrogen and oxygen atoms in total. The van der Waals surface area contributed by atoms with Crippen molar-refractivity contribution in [1.82, 2.24) is 29.7 Å². The summed E-state index contributed by atoms with van der Waals surface area (Å²) in [6.45, 7) is 10.2. The van der Waals surface area contributed by atoms with E-state index in [1.807, 2.05) is 50.9 Å². The highest BCUT2D eigenvalue weighted by Gasteiger charge is 2.43. The number of benzene rings is 1. The molecular weight excluding hydrogens is 576 g/mol. The molecule has 1 saturated carbocycles. The Kier molecular flexibility index (Phi) is 8.70. The van der Waals surface area contributed by atoms with Gasteiger partial charge in [0, 0.05) is 56.1 Å². The molecule has 3 aromatic rings. The first-order valence-electron chi connectivity index (χ1n) is 15.8. The number of pyridine rings is 1. The smallest absolute Gasteiger partial charge is 0.411 e. The van der Waals surface area contributed by atoms with Gasteiger partial charge in [0.15, 0.2) is 0 Å². The fraction of sp³-hybridized carbons (Fsp3) is 0.529. The summed E-state index contributed by atoms with van der Waals surface area (Å²) in [6.07, 6.45) is 7.75. The van der Waals surface area contributed by atoms with E-state index in [0.29, 0.717) is 50.1 Å². The zero-order valence-corrected chi connectivity index (χ0v) is 26.9. The second-order valence-corrected chi connectivity index (χ2v) is 13.9. The molecule has 2 atom stereocenters. The molecule has 0 bridgehead atoms. The predicted molar refractivity (Wildman–Crippen MR) is 170 cm³/mol. The third-order valence-corrected chi connectivity index (χ3v) is 9.21. The molecule has 1 saturated heterocycles. The van der Waals surface area contributed by atoms with Crippen molar-refractivity contribution in [2.24, 2.45) is 5.92 Å². The summed E-state index contributed by atoms with van der Waals surface area (Å²) in [5.41, 5.74) is 5.87. The maximum absolute atomic E-state index is 14.6. The number of aryl methyl sites for hydroxylation is 3. The summed E-state index contributed by atoms with van der Waals surface area (Å²) in [5, 5.41) is 0.715. The number of piperazine rings is 1. The van der Waals surface area contributed by atoms with Crippen LogP contribution in [0.3, 0.4) is 0 Å². The molecule has 1 N–H and O–H groups in total. The van der Waals surface area contributed by atoms with Crippen molar-refractivity contribution >= 4 is 23.6 Å². The van der Waals surface area contributed by atoms with E-state index in [0.717, 1.165) is 48.3 Å². The van der Waals surface area contributed by atoms with E-state index in [1.54, 1.807) is 11.2 Å². The van der Waals surface area contributed by atoms with Crippen LogP contribution in [-0.2, 0) is 28.8 Å². The summed E-state index contributed by atoms with van der Waals surface area (Å²) in [4.78, 5) is 46.7. The molecule has 44 heavy (non-hydrogen) atoms. The average Bonchev–Trinajstić information content (AvgIpc) is 3.74. The number of nitrogens with one attached hydrogen (secondary N) is 1. The number of carbonyl (C=O) groups excluding carboxylic acids is 2. The fourth-order valence-corrected chi connectivity index (χ4v) is 6.73. The Morgan fingerprint density at radius 3 is 2.64 bits per heavy atom. The first-order chi connectivity index (χ1) is 21.1. The number of halogens is 1. The van der Waals surface area contributed by atoms with Gasteiger partial charge in [-0.25, -0.2) is 9.78 Å². The highest BCUT2D eigenvalue weighted by Crippen LogP contribution is 2.38. The van der Waals surface area contributed by atoms with Crippen molar-refractivity contribution in [3.8, 4) is 0 Å². The summed E-state index contributed by atoms with van der Waals surface area (Å²) in [7, 11) is 0. The standard InChI is InChI=1S/C34H43ClN6O3/c1-22-28(38-21-37-22)13-15-40(19-23-7-8-23)32(42)29-20-39(16-17-41(29)33(43)44-34(2,3)4)31-27-12-11-26(35)18-25(27)10-9-24-6-5-14-36-30(24)31/h5-6,11-12,14,18,21,23,29,31H,7-10,13,15-17,19-20H2,1-4H3,(H,37,38)/t29-,31+/m1/s1. The molecule has 1 aliphatic heterocycles. The van der Waals surface area contributed by atoms with Crippen molar-refractivity contribution in [1.29, 1.82) is 0 Å². The number of carbonyl (C=O) groups is 2. The molecule has 2 fully saturated rings. The number of hydrogen-bond acceptors (Lipinski definition) is 6. The van der Waals surface area contributed by atoms with Crippen LogP contribution < -0.4 is 0 Å². The van der Waals surface area contributed by atoms with E-state index in [9.17, 15) is 9.59 Å². The predicted octanol–water partition coefficient (Wildman–Crippen LogP) is 5.36. The Hall–Kier alpha value is -3.43. The number of ether oxygens (including phenoxy) is 1. The maximum Gasteiger partial charge on any atom is 0.411 e. The molecule has 6 rings (SSSR count). The normalized spacial score (nSPS) is 20.4. The van der Waals surface area contributed by atoms with Gasteiger partial charge in [0.1, 0.15) is 11.6 Å². The van der Waals surface area contributed by atoms with Crippen LogP contribution >= 0.6 is 11.6 Å². The second kappa shape index (κ2) is 12.5. The Labute approximate surface area is 264 Å². The van der Waals surface area contributed by atoms with E-state index < -0.39 is 17.7 Å². The van der Waals surface area contributed by atoms with Crippen LogP contribution in [0.15, 0.2) is 42.9 Å². The monoisotopic (exact) mass is 618 g/mol. The van der Waals surface area contributed by atoms with E-state index in [1.165, 1.54) is 11.1 Å². The van der Waals surface area contributed by atoms with Gasteiger partial charge in [-0.3, -0.25) is 19.6 Å². The Morgan fingerprint density at radius 2 is 1.91 bits per heavy atom. The number of hydrogen-bond donors (Lipinski definition) is 1. The number of rotatable bonds is 7. The van der Waals surface area contributed by atoms with Crippen LogP contribution in [0.4, 0.5) is 4.79 Å². The lowest BCUT2D eigenvalue weighted by Gasteiger charge is -2.45. The zero-order chi connectivity index (χ0) is 31.0. The molecule has 3 heterocycles. The molecule has 10 heteroatoms. The van der Waals surface area contributed by atoms with Gasteiger partial charge in [-0.15, -0.1) is 0 Å². The first kappa shape index (κ1) is 30.6. The van der Waals surface area contributed by atoms with Gasteiger partial charge in [-0.2, -0.15) is 0 Å². The van der Waals surface area contributed by atoms with Crippen LogP contribution in [0.25, 0.3) is 0 Å². The Morgan fingerprint density at radius 1 is 1.11 bits per heavy atom. The Balaban J connectivity index is 1.34. The van der Waals surface area contributed by atoms with Crippen LogP contribution in [0, 0.1) is 12.8 Å². The highest BCUT2D eigenvalue weighted by atomic mass is 35.5. The van der Waals surface area contributed by atoms with E-state index >= 15 is 0 Å². The van der Waals surface area contributed by atoms with Gasteiger partial charge < -0.3 is 14.6 Å². The number of nitrogens with zero attached hydrogens (tertiary/aromatic N) is 5. The number of imidazole rings is 1. The van der Waals surface area contributed by atoms with E-state index in [4.69, 9.17) is 21.3 Å². The topological polar surface area (TPSA) is 94.7 Å². The van der Waals surface area contributed by atoms with Gasteiger partial charge in [0.25, 0.3) is 0 Å². The summed E-state index contributed by atoms with van der Waals surface area (Å²) in [5.74, 6) is 0.468. The van der Waals surface area contributed by atoms with Crippen molar-refractivity contribution < 1.29 is 14.3 Å². The molecular formula is C34H43ClN6O3. The molecule has 2 amide bonds. The van der Waals surface area contributed by atoms with Gasteiger partial charge >= 0.3 is 6.09 Å². The van der Waals surface area contributed by atoms with E-state index in [-0.39, 0.29) is 11.9 Å². The van der Waals surface area contributed by atoms with Crippen LogP contribution in [0.2, 0.25) is 5.02 Å². The van der Waals surface area contributed by atoms with Crippen LogP contribution in [-0.4, -0.2) is 86.0 Å². The minimum Gasteiger partial charge on any atom is -0.444 e. The number of H-pyrrole nitrogens is 1. The fourth-order valence-electron chi connectivity index (χ4n) is 6.54. The minimum absolute atomic E-state index is 0.0353. The van der Waals surface area contributed by atoms with Gasteiger partial charge in [-0.05, 0) is 94.2 Å². The summed E-state index contributed by atoms with van der Waals surface area (Å²) in [6, 6.07) is 9.40. The number of aromatic nitrogens is 3. The minimum atomic E-state index is -0.691. The number of amides is 2. The molecule has 3 aliphatic rings. The highest BCUT2D eigenvalue weighted by molar-refractivity contribution is 6.30. The average molecular weight is 619 g/mol. The van der Waals surface area contributed by atoms with Crippen molar-refractivity contribution in [3.63, 3.8) is 0 Å². The van der Waals surface area contributed by atoms with Crippen molar-refractivity contribution in [2.75, 3.05) is 32.7 Å². The summed E-state index contributed by atoms with van der Waals surface area (Å²) < 4.78 is 5.85. The quantitative estimate of drug-likeness (QED) is 0.383. The largest absolute Gasteiger partial charge is 0.444 e. The molecule has 1 aromatic carbocycles. The molecule has 0 unspecified atom stereocenters. The van der Waals surface area contributed by atoms with E-state index in [2.05, 4.69) is 33.1 Å². The lowest BCUT2D eigenvalue weighted by atomic mass is 9.95. The Bertz CT molecular complexity index is 1510. The van der Waals surface area contributed by atoms with Crippen molar-refractivity contribution in [3.05, 3.63) is 81.7 Å². The lowest BCUT2D eigenvalue weighted by Crippen LogP contribution is -2.62. The number of fused-ring (bicyclic) bond motifs is 2. The lowest BCUT2D eigenvalue weighted by molar-refractivity contribution is -0.140. The molecule has 0 radical (unpaired) electrons. The summed E-state index contributed by atoms with van der Waals surface area (Å²) >= 11 is 6.46. The number of aromatic amines is 1. The third-order valence-electron chi connectivity index (χ3n) is 8.98. The van der Waals surface area contributed by atoms with Crippen LogP contribution in [0.5, 0.6) is 0 Å².